The molecular weight excluding hydrogens is 258 g/mol. The smallest absolute Gasteiger partial charge is 0.337 e. The summed E-state index contributed by atoms with van der Waals surface area (Å²) in [7, 11) is 1.29. The molecule has 0 unspecified atom stereocenters. The molecule has 0 fully saturated rings. The number of anilines is 2. The van der Waals surface area contributed by atoms with Crippen LogP contribution in [0.15, 0.2) is 24.3 Å². The van der Waals surface area contributed by atoms with Crippen molar-refractivity contribution in [1.82, 2.24) is 9.97 Å². The minimum absolute atomic E-state index is 0.0735. The van der Waals surface area contributed by atoms with E-state index in [1.54, 1.807) is 12.1 Å². The van der Waals surface area contributed by atoms with Gasteiger partial charge in [-0.15, -0.1) is 0 Å². The highest BCUT2D eigenvalue weighted by Crippen LogP contribution is 2.26. The van der Waals surface area contributed by atoms with Crippen molar-refractivity contribution in [3.8, 4) is 5.75 Å². The van der Waals surface area contributed by atoms with Crippen molar-refractivity contribution in [2.45, 2.75) is 13.8 Å². The number of benzene rings is 1. The molecule has 6 nitrogen and oxygen atoms in total. The van der Waals surface area contributed by atoms with Crippen molar-refractivity contribution in [2.24, 2.45) is 0 Å². The van der Waals surface area contributed by atoms with Gasteiger partial charge in [-0.3, -0.25) is 0 Å². The van der Waals surface area contributed by atoms with Gasteiger partial charge in [-0.25, -0.2) is 14.8 Å². The van der Waals surface area contributed by atoms with Crippen LogP contribution in [0.5, 0.6) is 5.75 Å². The van der Waals surface area contributed by atoms with Crippen molar-refractivity contribution in [3.05, 3.63) is 41.2 Å². The van der Waals surface area contributed by atoms with Gasteiger partial charge in [0.15, 0.2) is 0 Å². The summed E-state index contributed by atoms with van der Waals surface area (Å²) in [5, 5.41) is 12.8. The number of methoxy groups -OCH3 is 1. The average Bonchev–Trinajstić information content (AvgIpc) is 2.39. The number of hydrogen-bond donors (Lipinski definition) is 2. The Balaban J connectivity index is 2.27. The molecule has 0 aliphatic rings. The van der Waals surface area contributed by atoms with Gasteiger partial charge in [0.05, 0.1) is 18.4 Å². The van der Waals surface area contributed by atoms with Crippen LogP contribution in [0.4, 0.5) is 11.6 Å². The first kappa shape index (κ1) is 13.8. The zero-order valence-electron chi connectivity index (χ0n) is 11.5. The van der Waals surface area contributed by atoms with Crippen LogP contribution < -0.4 is 5.32 Å². The van der Waals surface area contributed by atoms with Crippen molar-refractivity contribution >= 4 is 17.6 Å². The van der Waals surface area contributed by atoms with Crippen molar-refractivity contribution in [1.29, 1.82) is 0 Å². The van der Waals surface area contributed by atoms with Gasteiger partial charge in [0.25, 0.3) is 0 Å². The molecule has 2 N–H and O–H groups in total. The number of hydrogen-bond acceptors (Lipinski definition) is 6. The van der Waals surface area contributed by atoms with Crippen LogP contribution in [0.2, 0.25) is 0 Å². The molecule has 0 saturated carbocycles. The number of phenolic OH excluding ortho intramolecular Hbond substituents is 1. The molecule has 1 aromatic heterocycles. The lowest BCUT2D eigenvalue weighted by atomic mass is 10.2. The molecule has 0 aliphatic heterocycles. The van der Waals surface area contributed by atoms with E-state index in [2.05, 4.69) is 20.0 Å². The van der Waals surface area contributed by atoms with Crippen LogP contribution in [-0.2, 0) is 4.74 Å². The third-order valence-electron chi connectivity index (χ3n) is 2.65. The number of phenols is 1. The summed E-state index contributed by atoms with van der Waals surface area (Å²) in [6.07, 6.45) is 0. The molecule has 0 saturated heterocycles. The molecule has 1 heterocycles. The second-order valence-corrected chi connectivity index (χ2v) is 4.32. The summed E-state index contributed by atoms with van der Waals surface area (Å²) in [5.41, 5.74) is 2.34. The van der Waals surface area contributed by atoms with E-state index >= 15 is 0 Å². The fraction of sp³-hybridized carbons (Fsp3) is 0.214. The number of aromatic nitrogens is 2. The zero-order valence-corrected chi connectivity index (χ0v) is 11.5. The van der Waals surface area contributed by atoms with Gasteiger partial charge >= 0.3 is 5.97 Å². The van der Waals surface area contributed by atoms with Gasteiger partial charge in [0.2, 0.25) is 5.95 Å². The van der Waals surface area contributed by atoms with Gasteiger partial charge in [-0.2, -0.15) is 0 Å². The summed E-state index contributed by atoms with van der Waals surface area (Å²) < 4.78 is 4.59. The fourth-order valence-electron chi connectivity index (χ4n) is 1.78. The molecule has 0 bridgehead atoms. The SMILES string of the molecule is COC(=O)c1ccc(Nc2nc(C)cc(C)n2)c(O)c1. The maximum Gasteiger partial charge on any atom is 0.337 e. The predicted molar refractivity (Wildman–Crippen MR) is 74.2 cm³/mol. The second kappa shape index (κ2) is 5.56. The number of aromatic hydroxyl groups is 1. The fourth-order valence-corrected chi connectivity index (χ4v) is 1.78. The Hall–Kier alpha value is -2.63. The molecule has 0 aliphatic carbocycles. The third-order valence-corrected chi connectivity index (χ3v) is 2.65. The third kappa shape index (κ3) is 3.03. The Morgan fingerprint density at radius 3 is 2.40 bits per heavy atom. The van der Waals surface area contributed by atoms with E-state index in [9.17, 15) is 9.90 Å². The Morgan fingerprint density at radius 1 is 1.20 bits per heavy atom. The zero-order chi connectivity index (χ0) is 14.7. The van der Waals surface area contributed by atoms with Crippen LogP contribution in [0.1, 0.15) is 21.7 Å². The van der Waals surface area contributed by atoms with Crippen LogP contribution in [0.3, 0.4) is 0 Å². The summed E-state index contributed by atoms with van der Waals surface area (Å²) in [6.45, 7) is 3.72. The standard InChI is InChI=1S/C14H15N3O3/c1-8-6-9(2)16-14(15-8)17-11-5-4-10(7-12(11)18)13(19)20-3/h4-7,18H,1-3H3,(H,15,16,17). The maximum absolute atomic E-state index is 11.3. The van der Waals surface area contributed by atoms with E-state index in [1.807, 2.05) is 19.9 Å². The first-order valence-electron chi connectivity index (χ1n) is 6.00. The Bertz CT molecular complexity index is 636. The van der Waals surface area contributed by atoms with Gasteiger partial charge in [-0.1, -0.05) is 0 Å². The minimum atomic E-state index is -0.505. The molecule has 20 heavy (non-hydrogen) atoms. The molecule has 0 amide bonds. The predicted octanol–water partition coefficient (Wildman–Crippen LogP) is 2.33. The van der Waals surface area contributed by atoms with Crippen molar-refractivity contribution < 1.29 is 14.6 Å². The Labute approximate surface area is 116 Å². The Kier molecular flexibility index (Phi) is 3.84. The molecule has 0 radical (unpaired) electrons. The number of ether oxygens (including phenoxy) is 1. The molecular formula is C14H15N3O3. The number of carbonyl (C=O) groups excluding carboxylic acids is 1. The van der Waals surface area contributed by atoms with E-state index in [0.29, 0.717) is 11.6 Å². The first-order chi connectivity index (χ1) is 9.49. The lowest BCUT2D eigenvalue weighted by Crippen LogP contribution is -2.03. The average molecular weight is 273 g/mol. The highest BCUT2D eigenvalue weighted by molar-refractivity contribution is 5.90. The van der Waals surface area contributed by atoms with Gasteiger partial charge < -0.3 is 15.2 Å². The van der Waals surface area contributed by atoms with Crippen molar-refractivity contribution in [2.75, 3.05) is 12.4 Å². The van der Waals surface area contributed by atoms with E-state index in [1.165, 1.54) is 13.2 Å². The first-order valence-corrected chi connectivity index (χ1v) is 6.00. The number of carbonyl (C=O) groups is 1. The lowest BCUT2D eigenvalue weighted by Gasteiger charge is -2.09. The van der Waals surface area contributed by atoms with Crippen LogP contribution in [-0.4, -0.2) is 28.2 Å². The summed E-state index contributed by atoms with van der Waals surface area (Å²) in [6, 6.07) is 6.31. The highest BCUT2D eigenvalue weighted by Gasteiger charge is 2.10. The molecule has 6 heteroatoms. The number of nitrogens with zero attached hydrogens (tertiary/aromatic N) is 2. The molecule has 2 rings (SSSR count). The highest BCUT2D eigenvalue weighted by atomic mass is 16.5. The van der Waals surface area contributed by atoms with Crippen LogP contribution >= 0.6 is 0 Å². The minimum Gasteiger partial charge on any atom is -0.506 e. The maximum atomic E-state index is 11.3. The van der Waals surface area contributed by atoms with Crippen molar-refractivity contribution in [3.63, 3.8) is 0 Å². The van der Waals surface area contributed by atoms with E-state index in [-0.39, 0.29) is 11.3 Å². The van der Waals surface area contributed by atoms with Gasteiger partial charge in [0, 0.05) is 11.4 Å². The van der Waals surface area contributed by atoms with E-state index in [0.717, 1.165) is 11.4 Å². The van der Waals surface area contributed by atoms with E-state index < -0.39 is 5.97 Å². The number of nitrogens with one attached hydrogen (secondary N) is 1. The molecule has 0 atom stereocenters. The quantitative estimate of drug-likeness (QED) is 0.659. The van der Waals surface area contributed by atoms with Gasteiger partial charge in [-0.05, 0) is 38.1 Å². The van der Waals surface area contributed by atoms with Crippen LogP contribution in [0.25, 0.3) is 0 Å². The molecule has 0 spiro atoms. The molecule has 104 valence electrons. The summed E-state index contributed by atoms with van der Waals surface area (Å²) >= 11 is 0. The largest absolute Gasteiger partial charge is 0.506 e. The lowest BCUT2D eigenvalue weighted by molar-refractivity contribution is 0.0600. The number of aryl methyl sites for hydroxylation is 2. The number of rotatable bonds is 3. The van der Waals surface area contributed by atoms with Gasteiger partial charge in [0.1, 0.15) is 5.75 Å². The topological polar surface area (TPSA) is 84.3 Å². The monoisotopic (exact) mass is 273 g/mol. The second-order valence-electron chi connectivity index (χ2n) is 4.32. The summed E-state index contributed by atoms with van der Waals surface area (Å²) in [4.78, 5) is 19.8. The molecule has 2 aromatic rings. The number of esters is 1. The normalized spacial score (nSPS) is 10.2. The Morgan fingerprint density at radius 2 is 1.85 bits per heavy atom. The summed E-state index contributed by atoms with van der Waals surface area (Å²) in [5.74, 6) is -0.186. The molecule has 1 aromatic carbocycles. The van der Waals surface area contributed by atoms with Crippen LogP contribution in [0, 0.1) is 13.8 Å². The van der Waals surface area contributed by atoms with E-state index in [4.69, 9.17) is 0 Å².